The fourth-order valence-corrected chi connectivity index (χ4v) is 2.12. The van der Waals surface area contributed by atoms with Crippen molar-refractivity contribution in [1.82, 2.24) is 4.98 Å². The molecule has 0 aliphatic carbocycles. The van der Waals surface area contributed by atoms with Crippen LogP contribution in [0.3, 0.4) is 0 Å². The first-order valence-electron chi connectivity index (χ1n) is 5.71. The molecule has 2 nitrogen and oxygen atoms in total. The minimum Gasteiger partial charge on any atom is -0.477 e. The zero-order valence-corrected chi connectivity index (χ0v) is 10.1. The van der Waals surface area contributed by atoms with Crippen molar-refractivity contribution in [2.24, 2.45) is 0 Å². The highest BCUT2D eigenvalue weighted by Crippen LogP contribution is 2.27. The summed E-state index contributed by atoms with van der Waals surface area (Å²) in [6, 6.07) is 11.8. The molecule has 1 aromatic heterocycles. The number of hydrogen-bond acceptors (Lipinski definition) is 2. The van der Waals surface area contributed by atoms with Crippen molar-refractivity contribution >= 4 is 11.6 Å². The highest BCUT2D eigenvalue weighted by atomic mass is 35.5. The molecule has 17 heavy (non-hydrogen) atoms. The number of nitrogens with zero attached hydrogens (tertiary/aromatic N) is 1. The van der Waals surface area contributed by atoms with Gasteiger partial charge in [-0.2, -0.15) is 0 Å². The third-order valence-electron chi connectivity index (χ3n) is 2.91. The van der Waals surface area contributed by atoms with Crippen LogP contribution < -0.4 is 4.74 Å². The monoisotopic (exact) mass is 245 g/mol. The third-order valence-corrected chi connectivity index (χ3v) is 3.16. The second-order valence-corrected chi connectivity index (χ2v) is 4.56. The third kappa shape index (κ3) is 2.13. The van der Waals surface area contributed by atoms with E-state index in [0.29, 0.717) is 0 Å². The lowest BCUT2D eigenvalue weighted by Crippen LogP contribution is -2.09. The quantitative estimate of drug-likeness (QED) is 0.764. The number of rotatable bonds is 1. The summed E-state index contributed by atoms with van der Waals surface area (Å²) in [5, 5.41) is 0.739. The summed E-state index contributed by atoms with van der Waals surface area (Å²) in [6.45, 7) is 0.768. The van der Waals surface area contributed by atoms with E-state index in [0.717, 1.165) is 41.6 Å². The number of hydrogen-bond donors (Lipinski definition) is 0. The van der Waals surface area contributed by atoms with Gasteiger partial charge in [0, 0.05) is 16.1 Å². The van der Waals surface area contributed by atoms with Crippen molar-refractivity contribution in [3.63, 3.8) is 0 Å². The van der Waals surface area contributed by atoms with Crippen LogP contribution in [0.2, 0.25) is 5.02 Å². The van der Waals surface area contributed by atoms with Crippen LogP contribution in [0.5, 0.6) is 5.88 Å². The molecule has 1 aliphatic rings. The number of fused-ring (bicyclic) bond motifs is 1. The number of halogens is 1. The molecule has 2 heterocycles. The van der Waals surface area contributed by atoms with Crippen LogP contribution in [0.15, 0.2) is 36.4 Å². The SMILES string of the molecule is Clc1ccc(-c2ccc3c(n2)OCCC3)cc1. The Kier molecular flexibility index (Phi) is 2.73. The summed E-state index contributed by atoms with van der Waals surface area (Å²) in [6.07, 6.45) is 2.14. The summed E-state index contributed by atoms with van der Waals surface area (Å²) >= 11 is 5.87. The highest BCUT2D eigenvalue weighted by molar-refractivity contribution is 6.30. The standard InChI is InChI=1S/C14H12ClNO/c15-12-6-3-10(4-7-12)13-8-5-11-2-1-9-17-14(11)16-13/h3-8H,1-2,9H2. The van der Waals surface area contributed by atoms with Crippen molar-refractivity contribution < 1.29 is 4.74 Å². The highest BCUT2D eigenvalue weighted by Gasteiger charge is 2.12. The summed E-state index contributed by atoms with van der Waals surface area (Å²) in [4.78, 5) is 4.55. The molecule has 86 valence electrons. The van der Waals surface area contributed by atoms with Crippen molar-refractivity contribution in [1.29, 1.82) is 0 Å². The van der Waals surface area contributed by atoms with Gasteiger partial charge < -0.3 is 4.74 Å². The Morgan fingerprint density at radius 3 is 2.71 bits per heavy atom. The summed E-state index contributed by atoms with van der Waals surface area (Å²) in [5.41, 5.74) is 3.20. The van der Waals surface area contributed by atoms with E-state index in [1.165, 1.54) is 5.56 Å². The fraction of sp³-hybridized carbons (Fsp3) is 0.214. The van der Waals surface area contributed by atoms with Crippen LogP contribution in [0.25, 0.3) is 11.3 Å². The van der Waals surface area contributed by atoms with Crippen LogP contribution in [-0.2, 0) is 6.42 Å². The zero-order valence-electron chi connectivity index (χ0n) is 9.32. The molecule has 0 spiro atoms. The Morgan fingerprint density at radius 2 is 1.88 bits per heavy atom. The molecule has 3 rings (SSSR count). The van der Waals surface area contributed by atoms with Gasteiger partial charge in [-0.05, 0) is 31.0 Å². The molecule has 1 aliphatic heterocycles. The van der Waals surface area contributed by atoms with Gasteiger partial charge >= 0.3 is 0 Å². The summed E-state index contributed by atoms with van der Waals surface area (Å²) in [5.74, 6) is 0.781. The van der Waals surface area contributed by atoms with Crippen LogP contribution in [0.1, 0.15) is 12.0 Å². The van der Waals surface area contributed by atoms with Gasteiger partial charge in [0.25, 0.3) is 0 Å². The van der Waals surface area contributed by atoms with Crippen LogP contribution >= 0.6 is 11.6 Å². The number of ether oxygens (including phenoxy) is 1. The number of aromatic nitrogens is 1. The molecule has 0 amide bonds. The predicted molar refractivity (Wildman–Crippen MR) is 68.5 cm³/mol. The maximum Gasteiger partial charge on any atom is 0.217 e. The smallest absolute Gasteiger partial charge is 0.217 e. The zero-order chi connectivity index (χ0) is 11.7. The minimum atomic E-state index is 0.739. The lowest BCUT2D eigenvalue weighted by Gasteiger charge is -2.16. The largest absolute Gasteiger partial charge is 0.477 e. The summed E-state index contributed by atoms with van der Waals surface area (Å²) < 4.78 is 5.57. The first-order valence-corrected chi connectivity index (χ1v) is 6.09. The second kappa shape index (κ2) is 4.38. The Morgan fingerprint density at radius 1 is 1.06 bits per heavy atom. The van der Waals surface area contributed by atoms with Gasteiger partial charge in [-0.3, -0.25) is 0 Å². The average Bonchev–Trinajstić information content (AvgIpc) is 2.39. The number of aryl methyl sites for hydroxylation is 1. The van der Waals surface area contributed by atoms with Crippen LogP contribution in [0, 0.1) is 0 Å². The van der Waals surface area contributed by atoms with E-state index in [9.17, 15) is 0 Å². The van der Waals surface area contributed by atoms with Crippen molar-refractivity contribution in [2.75, 3.05) is 6.61 Å². The fourth-order valence-electron chi connectivity index (χ4n) is 2.00. The summed E-state index contributed by atoms with van der Waals surface area (Å²) in [7, 11) is 0. The molecule has 0 radical (unpaired) electrons. The van der Waals surface area contributed by atoms with E-state index in [-0.39, 0.29) is 0 Å². The lowest BCUT2D eigenvalue weighted by molar-refractivity contribution is 0.276. The van der Waals surface area contributed by atoms with Gasteiger partial charge in [0.2, 0.25) is 5.88 Å². The lowest BCUT2D eigenvalue weighted by atomic mass is 10.1. The van der Waals surface area contributed by atoms with E-state index in [1.54, 1.807) is 0 Å². The van der Waals surface area contributed by atoms with E-state index in [4.69, 9.17) is 16.3 Å². The van der Waals surface area contributed by atoms with Crippen molar-refractivity contribution in [3.05, 3.63) is 47.0 Å². The Labute approximate surface area is 105 Å². The van der Waals surface area contributed by atoms with E-state index in [2.05, 4.69) is 11.1 Å². The van der Waals surface area contributed by atoms with Gasteiger partial charge in [0.15, 0.2) is 0 Å². The van der Waals surface area contributed by atoms with E-state index < -0.39 is 0 Å². The molecule has 0 bridgehead atoms. The second-order valence-electron chi connectivity index (χ2n) is 4.12. The van der Waals surface area contributed by atoms with Gasteiger partial charge in [-0.25, -0.2) is 4.98 Å². The first kappa shape index (κ1) is 10.6. The van der Waals surface area contributed by atoms with E-state index >= 15 is 0 Å². The predicted octanol–water partition coefficient (Wildman–Crippen LogP) is 3.73. The maximum absolute atomic E-state index is 5.87. The average molecular weight is 246 g/mol. The molecule has 2 aromatic rings. The normalized spacial score (nSPS) is 13.9. The molecule has 0 unspecified atom stereocenters. The van der Waals surface area contributed by atoms with Crippen LogP contribution in [-0.4, -0.2) is 11.6 Å². The molecule has 0 fully saturated rings. The molecule has 0 saturated heterocycles. The van der Waals surface area contributed by atoms with Crippen LogP contribution in [0.4, 0.5) is 0 Å². The molecule has 0 atom stereocenters. The molecule has 3 heteroatoms. The van der Waals surface area contributed by atoms with E-state index in [1.807, 2.05) is 30.3 Å². The Bertz CT molecular complexity index is 536. The van der Waals surface area contributed by atoms with Gasteiger partial charge in [0.05, 0.1) is 12.3 Å². The molecular formula is C14H12ClNO. The Balaban J connectivity index is 2.01. The molecule has 0 saturated carbocycles. The minimum absolute atomic E-state index is 0.739. The first-order chi connectivity index (χ1) is 8.33. The molecular weight excluding hydrogens is 234 g/mol. The van der Waals surface area contributed by atoms with Crippen molar-refractivity contribution in [2.45, 2.75) is 12.8 Å². The number of benzene rings is 1. The van der Waals surface area contributed by atoms with Crippen molar-refractivity contribution in [3.8, 4) is 17.1 Å². The van der Waals surface area contributed by atoms with Gasteiger partial charge in [0.1, 0.15) is 0 Å². The molecule has 1 aromatic carbocycles. The van der Waals surface area contributed by atoms with Gasteiger partial charge in [-0.15, -0.1) is 0 Å². The topological polar surface area (TPSA) is 22.1 Å². The van der Waals surface area contributed by atoms with Gasteiger partial charge in [-0.1, -0.05) is 29.8 Å². The Hall–Kier alpha value is -1.54. The molecule has 0 N–H and O–H groups in total. The number of pyridine rings is 1. The maximum atomic E-state index is 5.87.